The van der Waals surface area contributed by atoms with Crippen molar-refractivity contribution in [3.63, 3.8) is 0 Å². The second-order valence-electron chi connectivity index (χ2n) is 9.19. The van der Waals surface area contributed by atoms with Crippen molar-refractivity contribution in [3.8, 4) is 11.4 Å². The van der Waals surface area contributed by atoms with Crippen LogP contribution in [0.2, 0.25) is 0 Å². The number of rotatable bonds is 7. The van der Waals surface area contributed by atoms with E-state index < -0.39 is 4.92 Å². The Hall–Kier alpha value is -2.77. The largest absolute Gasteiger partial charge is 0.339 e. The van der Waals surface area contributed by atoms with Crippen LogP contribution in [0.3, 0.4) is 0 Å². The van der Waals surface area contributed by atoms with Crippen LogP contribution in [-0.4, -0.2) is 38.5 Å². The number of carbonyl (C=O) groups is 1. The highest BCUT2D eigenvalue weighted by molar-refractivity contribution is 5.77. The maximum absolute atomic E-state index is 13.0. The monoisotopic (exact) mass is 414 g/mol. The van der Waals surface area contributed by atoms with Crippen LogP contribution in [0.1, 0.15) is 65.2 Å². The van der Waals surface area contributed by atoms with E-state index in [0.29, 0.717) is 36.7 Å². The Morgan fingerprint density at radius 3 is 2.67 bits per heavy atom. The molecule has 0 atom stereocenters. The summed E-state index contributed by atoms with van der Waals surface area (Å²) in [6.07, 6.45) is 6.59. The van der Waals surface area contributed by atoms with Crippen molar-refractivity contribution < 1.29 is 14.2 Å². The van der Waals surface area contributed by atoms with E-state index in [0.717, 1.165) is 25.7 Å². The molecule has 0 radical (unpaired) electrons. The Bertz CT molecular complexity index is 881. The summed E-state index contributed by atoms with van der Waals surface area (Å²) in [6, 6.07) is 6.43. The molecule has 1 aromatic carbocycles. The van der Waals surface area contributed by atoms with E-state index in [4.69, 9.17) is 4.52 Å². The molecule has 1 aliphatic rings. The van der Waals surface area contributed by atoms with Gasteiger partial charge in [-0.05, 0) is 18.3 Å². The molecule has 162 valence electrons. The number of nitro groups is 1. The van der Waals surface area contributed by atoms with Crippen LogP contribution in [0, 0.1) is 15.5 Å². The lowest BCUT2D eigenvalue weighted by atomic mass is 9.89. The number of non-ortho nitro benzene ring substituents is 1. The molecule has 0 N–H and O–H groups in total. The van der Waals surface area contributed by atoms with Crippen molar-refractivity contribution in [1.29, 1.82) is 0 Å². The lowest BCUT2D eigenvalue weighted by molar-refractivity contribution is -0.384. The Morgan fingerprint density at radius 1 is 1.27 bits per heavy atom. The molecule has 1 aliphatic carbocycles. The maximum Gasteiger partial charge on any atom is 0.270 e. The van der Waals surface area contributed by atoms with Gasteiger partial charge in [-0.3, -0.25) is 14.9 Å². The molecule has 1 fully saturated rings. The van der Waals surface area contributed by atoms with Gasteiger partial charge in [0.1, 0.15) is 0 Å². The highest BCUT2D eigenvalue weighted by Gasteiger charge is 2.28. The molecule has 0 bridgehead atoms. The first kappa shape index (κ1) is 21.9. The van der Waals surface area contributed by atoms with Crippen molar-refractivity contribution in [2.24, 2.45) is 5.41 Å². The normalized spacial score (nSPS) is 15.2. The molecule has 0 unspecified atom stereocenters. The van der Waals surface area contributed by atoms with Gasteiger partial charge < -0.3 is 9.42 Å². The van der Waals surface area contributed by atoms with Crippen LogP contribution >= 0.6 is 0 Å². The highest BCUT2D eigenvalue weighted by atomic mass is 16.6. The van der Waals surface area contributed by atoms with Gasteiger partial charge in [0.15, 0.2) is 0 Å². The minimum Gasteiger partial charge on any atom is -0.339 e. The van der Waals surface area contributed by atoms with Crippen molar-refractivity contribution in [2.75, 3.05) is 6.54 Å². The Labute approximate surface area is 176 Å². The fourth-order valence-electron chi connectivity index (χ4n) is 3.91. The summed E-state index contributed by atoms with van der Waals surface area (Å²) >= 11 is 0. The SMILES string of the molecule is CC(C)(C)CC(=O)N(CCc1nc(-c2cccc([N+](=O)[O-])c2)no1)C1CCCCC1. The minimum atomic E-state index is -0.451. The van der Waals surface area contributed by atoms with Gasteiger partial charge >= 0.3 is 0 Å². The second kappa shape index (κ2) is 9.36. The van der Waals surface area contributed by atoms with Crippen LogP contribution in [0.5, 0.6) is 0 Å². The lowest BCUT2D eigenvalue weighted by Gasteiger charge is -2.35. The molecule has 0 aliphatic heterocycles. The van der Waals surface area contributed by atoms with Crippen LogP contribution in [-0.2, 0) is 11.2 Å². The van der Waals surface area contributed by atoms with Crippen LogP contribution in [0.15, 0.2) is 28.8 Å². The van der Waals surface area contributed by atoms with E-state index in [1.807, 2.05) is 4.90 Å². The summed E-state index contributed by atoms with van der Waals surface area (Å²) < 4.78 is 5.37. The third kappa shape index (κ3) is 5.87. The third-order valence-corrected chi connectivity index (χ3v) is 5.37. The molecule has 1 heterocycles. The minimum absolute atomic E-state index is 0.0184. The lowest BCUT2D eigenvalue weighted by Crippen LogP contribution is -2.43. The first-order chi connectivity index (χ1) is 14.2. The number of hydrogen-bond acceptors (Lipinski definition) is 6. The predicted molar refractivity (Wildman–Crippen MR) is 113 cm³/mol. The fraction of sp³-hybridized carbons (Fsp3) is 0.591. The smallest absolute Gasteiger partial charge is 0.270 e. The first-order valence-corrected chi connectivity index (χ1v) is 10.6. The van der Waals surface area contributed by atoms with E-state index >= 15 is 0 Å². The maximum atomic E-state index is 13.0. The Balaban J connectivity index is 1.70. The Kier molecular flexibility index (Phi) is 6.84. The summed E-state index contributed by atoms with van der Waals surface area (Å²) in [4.78, 5) is 29.9. The van der Waals surface area contributed by atoms with Gasteiger partial charge in [0.2, 0.25) is 17.6 Å². The molecule has 3 rings (SSSR count). The quantitative estimate of drug-likeness (QED) is 0.477. The van der Waals surface area contributed by atoms with Crippen molar-refractivity contribution >= 4 is 11.6 Å². The molecule has 1 saturated carbocycles. The highest BCUT2D eigenvalue weighted by Crippen LogP contribution is 2.27. The summed E-state index contributed by atoms with van der Waals surface area (Å²) in [5, 5.41) is 15.0. The number of nitrogens with zero attached hydrogens (tertiary/aromatic N) is 4. The van der Waals surface area contributed by atoms with Gasteiger partial charge in [-0.15, -0.1) is 0 Å². The van der Waals surface area contributed by atoms with Crippen LogP contribution < -0.4 is 0 Å². The van der Waals surface area contributed by atoms with Gasteiger partial charge in [-0.1, -0.05) is 57.3 Å². The Morgan fingerprint density at radius 2 is 2.00 bits per heavy atom. The first-order valence-electron chi connectivity index (χ1n) is 10.6. The predicted octanol–water partition coefficient (Wildman–Crippen LogP) is 4.78. The molecular formula is C22H30N4O4. The molecule has 1 aromatic heterocycles. The number of carbonyl (C=O) groups excluding carboxylic acids is 1. The molecule has 1 amide bonds. The molecule has 0 spiro atoms. The van der Waals surface area contributed by atoms with Gasteiger partial charge in [-0.2, -0.15) is 4.98 Å². The van der Waals surface area contributed by atoms with Gasteiger partial charge in [0.25, 0.3) is 5.69 Å². The number of amides is 1. The molecule has 2 aromatic rings. The summed E-state index contributed by atoms with van der Waals surface area (Å²) in [5.74, 6) is 0.924. The molecule has 8 nitrogen and oxygen atoms in total. The van der Waals surface area contributed by atoms with E-state index in [1.54, 1.807) is 12.1 Å². The van der Waals surface area contributed by atoms with Crippen LogP contribution in [0.4, 0.5) is 5.69 Å². The van der Waals surface area contributed by atoms with Crippen molar-refractivity contribution in [1.82, 2.24) is 15.0 Å². The van der Waals surface area contributed by atoms with Crippen LogP contribution in [0.25, 0.3) is 11.4 Å². The number of aromatic nitrogens is 2. The molecule has 8 heteroatoms. The zero-order chi connectivity index (χ0) is 21.7. The summed E-state index contributed by atoms with van der Waals surface area (Å²) in [5.41, 5.74) is 0.450. The fourth-order valence-corrected chi connectivity index (χ4v) is 3.91. The molecular weight excluding hydrogens is 384 g/mol. The summed E-state index contributed by atoms with van der Waals surface area (Å²) in [7, 11) is 0. The van der Waals surface area contributed by atoms with E-state index in [1.165, 1.54) is 18.6 Å². The standard InChI is InChI=1S/C22H30N4O4/c1-22(2,3)15-20(27)25(17-9-5-4-6-10-17)13-12-19-23-21(24-30-19)16-8-7-11-18(14-16)26(28)29/h7-8,11,14,17H,4-6,9-10,12-13,15H2,1-3H3. The molecule has 30 heavy (non-hydrogen) atoms. The van der Waals surface area contributed by atoms with Crippen molar-refractivity contribution in [3.05, 3.63) is 40.3 Å². The van der Waals surface area contributed by atoms with Crippen molar-refractivity contribution in [2.45, 2.75) is 71.8 Å². The number of nitro benzene ring substituents is 1. The zero-order valence-corrected chi connectivity index (χ0v) is 18.0. The summed E-state index contributed by atoms with van der Waals surface area (Å²) in [6.45, 7) is 6.77. The topological polar surface area (TPSA) is 102 Å². The van der Waals surface area contributed by atoms with E-state index in [9.17, 15) is 14.9 Å². The van der Waals surface area contributed by atoms with E-state index in [2.05, 4.69) is 30.9 Å². The van der Waals surface area contributed by atoms with Gasteiger partial charge in [0, 0.05) is 43.1 Å². The van der Waals surface area contributed by atoms with E-state index in [-0.39, 0.29) is 23.1 Å². The third-order valence-electron chi connectivity index (χ3n) is 5.37. The number of benzene rings is 1. The zero-order valence-electron chi connectivity index (χ0n) is 18.0. The number of hydrogen-bond donors (Lipinski definition) is 0. The van der Waals surface area contributed by atoms with Gasteiger partial charge in [0.05, 0.1) is 4.92 Å². The average molecular weight is 415 g/mol. The molecule has 0 saturated heterocycles. The average Bonchev–Trinajstić information content (AvgIpc) is 3.17. The van der Waals surface area contributed by atoms with Gasteiger partial charge in [-0.25, -0.2) is 0 Å². The second-order valence-corrected chi connectivity index (χ2v) is 9.19.